The molecule has 0 saturated heterocycles. The number of methoxy groups -OCH3 is 1. The number of hydrogen-bond acceptors (Lipinski definition) is 4. The molecule has 2 heterocycles. The summed E-state index contributed by atoms with van der Waals surface area (Å²) in [6, 6.07) is 9.61. The molecule has 0 N–H and O–H groups in total. The van der Waals surface area contributed by atoms with E-state index < -0.39 is 0 Å². The molecule has 0 bridgehead atoms. The summed E-state index contributed by atoms with van der Waals surface area (Å²) >= 11 is 4.93. The van der Waals surface area contributed by atoms with Gasteiger partial charge in [0.15, 0.2) is 6.29 Å². The summed E-state index contributed by atoms with van der Waals surface area (Å²) in [5.41, 5.74) is 2.06. The van der Waals surface area contributed by atoms with Crippen LogP contribution in [0, 0.1) is 0 Å². The lowest BCUT2D eigenvalue weighted by Crippen LogP contribution is -1.94. The van der Waals surface area contributed by atoms with Crippen molar-refractivity contribution in [2.24, 2.45) is 0 Å². The van der Waals surface area contributed by atoms with E-state index in [1.807, 2.05) is 35.7 Å². The van der Waals surface area contributed by atoms with Crippen LogP contribution < -0.4 is 4.74 Å². The third kappa shape index (κ3) is 2.64. The summed E-state index contributed by atoms with van der Waals surface area (Å²) < 4.78 is 7.97. The standard InChI is InChI=1S/C15H11BrN2O2S/c1-20-13-5-6-21-15(13)14-10(9-19)8-18(17-14)12-4-2-3-11(16)7-12/h2-9H,1H3. The molecule has 0 aliphatic carbocycles. The smallest absolute Gasteiger partial charge is 0.153 e. The zero-order valence-electron chi connectivity index (χ0n) is 11.1. The summed E-state index contributed by atoms with van der Waals surface area (Å²) in [5.74, 6) is 0.725. The van der Waals surface area contributed by atoms with Crippen LogP contribution in [0.15, 0.2) is 46.4 Å². The minimum atomic E-state index is 0.538. The second kappa shape index (κ2) is 5.83. The van der Waals surface area contributed by atoms with Crippen molar-refractivity contribution in [2.45, 2.75) is 0 Å². The number of aldehydes is 1. The fraction of sp³-hybridized carbons (Fsp3) is 0.0667. The van der Waals surface area contributed by atoms with Crippen LogP contribution in [0.25, 0.3) is 16.3 Å². The van der Waals surface area contributed by atoms with Crippen LogP contribution in [0.4, 0.5) is 0 Å². The van der Waals surface area contributed by atoms with E-state index in [4.69, 9.17) is 4.74 Å². The summed E-state index contributed by atoms with van der Waals surface area (Å²) in [6.45, 7) is 0. The van der Waals surface area contributed by atoms with Crippen LogP contribution in [-0.2, 0) is 0 Å². The van der Waals surface area contributed by atoms with Gasteiger partial charge < -0.3 is 4.74 Å². The number of ether oxygens (including phenoxy) is 1. The highest BCUT2D eigenvalue weighted by Gasteiger charge is 2.17. The molecule has 1 aromatic carbocycles. The maximum atomic E-state index is 11.3. The van der Waals surface area contributed by atoms with Crippen LogP contribution in [-0.4, -0.2) is 23.2 Å². The number of aromatic nitrogens is 2. The predicted molar refractivity (Wildman–Crippen MR) is 86.5 cm³/mol. The molecule has 106 valence electrons. The van der Waals surface area contributed by atoms with Gasteiger partial charge in [-0.25, -0.2) is 4.68 Å². The molecule has 0 atom stereocenters. The molecule has 3 aromatic rings. The van der Waals surface area contributed by atoms with Gasteiger partial charge in [0.1, 0.15) is 11.4 Å². The second-order valence-electron chi connectivity index (χ2n) is 4.29. The second-order valence-corrected chi connectivity index (χ2v) is 6.13. The monoisotopic (exact) mass is 362 g/mol. The maximum absolute atomic E-state index is 11.3. The number of halogens is 1. The molecule has 21 heavy (non-hydrogen) atoms. The first-order valence-corrected chi connectivity index (χ1v) is 7.83. The van der Waals surface area contributed by atoms with E-state index in [1.165, 1.54) is 11.3 Å². The van der Waals surface area contributed by atoms with Gasteiger partial charge in [0, 0.05) is 10.7 Å². The van der Waals surface area contributed by atoms with Gasteiger partial charge >= 0.3 is 0 Å². The van der Waals surface area contributed by atoms with Crippen LogP contribution >= 0.6 is 27.3 Å². The number of carbonyl (C=O) groups is 1. The van der Waals surface area contributed by atoms with Crippen LogP contribution in [0.3, 0.4) is 0 Å². The molecule has 0 aliphatic rings. The molecule has 0 radical (unpaired) electrons. The molecule has 0 saturated carbocycles. The summed E-state index contributed by atoms with van der Waals surface area (Å²) in [4.78, 5) is 12.2. The summed E-state index contributed by atoms with van der Waals surface area (Å²) in [6.07, 6.45) is 2.54. The molecule has 3 rings (SSSR count). The Kier molecular flexibility index (Phi) is 3.90. The van der Waals surface area contributed by atoms with E-state index in [2.05, 4.69) is 21.0 Å². The Morgan fingerprint density at radius 2 is 2.24 bits per heavy atom. The number of carbonyl (C=O) groups excluding carboxylic acids is 1. The number of thiophene rings is 1. The Balaban J connectivity index is 2.13. The number of nitrogens with zero attached hydrogens (tertiary/aromatic N) is 2. The lowest BCUT2D eigenvalue weighted by molar-refractivity contribution is 0.112. The predicted octanol–water partition coefficient (Wildman–Crippen LogP) is 4.18. The largest absolute Gasteiger partial charge is 0.495 e. The molecule has 0 unspecified atom stereocenters. The van der Waals surface area contributed by atoms with Gasteiger partial charge in [-0.2, -0.15) is 5.10 Å². The fourth-order valence-corrected chi connectivity index (χ4v) is 3.28. The molecule has 6 heteroatoms. The van der Waals surface area contributed by atoms with Crippen molar-refractivity contribution in [3.63, 3.8) is 0 Å². The van der Waals surface area contributed by atoms with Crippen molar-refractivity contribution in [1.82, 2.24) is 9.78 Å². The van der Waals surface area contributed by atoms with E-state index in [9.17, 15) is 4.79 Å². The molecular weight excluding hydrogens is 352 g/mol. The normalized spacial score (nSPS) is 10.6. The lowest BCUT2D eigenvalue weighted by atomic mass is 10.2. The zero-order valence-corrected chi connectivity index (χ0v) is 13.5. The highest BCUT2D eigenvalue weighted by Crippen LogP contribution is 2.36. The van der Waals surface area contributed by atoms with Gasteiger partial charge in [0.2, 0.25) is 0 Å². The molecule has 0 amide bonds. The summed E-state index contributed by atoms with van der Waals surface area (Å²) in [5, 5.41) is 6.46. The van der Waals surface area contributed by atoms with E-state index in [0.717, 1.165) is 27.1 Å². The Labute approximate surface area is 134 Å². The minimum absolute atomic E-state index is 0.538. The Hall–Kier alpha value is -1.92. The van der Waals surface area contributed by atoms with Crippen molar-refractivity contribution < 1.29 is 9.53 Å². The molecule has 4 nitrogen and oxygen atoms in total. The number of rotatable bonds is 4. The Bertz CT molecular complexity index is 795. The van der Waals surface area contributed by atoms with Crippen molar-refractivity contribution in [3.05, 3.63) is 51.9 Å². The SMILES string of the molecule is COc1ccsc1-c1nn(-c2cccc(Br)c2)cc1C=O. The van der Waals surface area contributed by atoms with Crippen molar-refractivity contribution in [2.75, 3.05) is 7.11 Å². The molecule has 0 spiro atoms. The van der Waals surface area contributed by atoms with Gasteiger partial charge in [-0.1, -0.05) is 22.0 Å². The van der Waals surface area contributed by atoms with Gasteiger partial charge in [-0.05, 0) is 29.6 Å². The number of hydrogen-bond donors (Lipinski definition) is 0. The molecular formula is C15H11BrN2O2S. The third-order valence-corrected chi connectivity index (χ3v) is 4.40. The molecule has 0 aliphatic heterocycles. The van der Waals surface area contributed by atoms with E-state index in [1.54, 1.807) is 18.0 Å². The highest BCUT2D eigenvalue weighted by molar-refractivity contribution is 9.10. The third-order valence-electron chi connectivity index (χ3n) is 3.01. The quantitative estimate of drug-likeness (QED) is 0.653. The van der Waals surface area contributed by atoms with Crippen LogP contribution in [0.5, 0.6) is 5.75 Å². The average molecular weight is 363 g/mol. The topological polar surface area (TPSA) is 44.1 Å². The Morgan fingerprint density at radius 3 is 2.95 bits per heavy atom. The Morgan fingerprint density at radius 1 is 1.38 bits per heavy atom. The van der Waals surface area contributed by atoms with Gasteiger partial charge in [-0.3, -0.25) is 4.79 Å². The number of benzene rings is 1. The maximum Gasteiger partial charge on any atom is 0.153 e. The minimum Gasteiger partial charge on any atom is -0.495 e. The van der Waals surface area contributed by atoms with Crippen LogP contribution in [0.2, 0.25) is 0 Å². The van der Waals surface area contributed by atoms with Crippen LogP contribution in [0.1, 0.15) is 10.4 Å². The van der Waals surface area contributed by atoms with E-state index in [0.29, 0.717) is 11.3 Å². The first-order valence-electron chi connectivity index (χ1n) is 6.15. The van der Waals surface area contributed by atoms with Gasteiger partial charge in [0.05, 0.1) is 23.2 Å². The summed E-state index contributed by atoms with van der Waals surface area (Å²) in [7, 11) is 1.61. The van der Waals surface area contributed by atoms with Crippen molar-refractivity contribution in [3.8, 4) is 22.0 Å². The molecule has 0 fully saturated rings. The van der Waals surface area contributed by atoms with Crippen molar-refractivity contribution >= 4 is 33.6 Å². The average Bonchev–Trinajstić information content (AvgIpc) is 3.12. The van der Waals surface area contributed by atoms with Gasteiger partial charge in [-0.15, -0.1) is 11.3 Å². The molecule has 2 aromatic heterocycles. The highest BCUT2D eigenvalue weighted by atomic mass is 79.9. The van der Waals surface area contributed by atoms with Crippen molar-refractivity contribution in [1.29, 1.82) is 0 Å². The first-order chi connectivity index (χ1) is 10.2. The van der Waals surface area contributed by atoms with Gasteiger partial charge in [0.25, 0.3) is 0 Å². The fourth-order valence-electron chi connectivity index (χ4n) is 2.03. The first kappa shape index (κ1) is 14.0. The van der Waals surface area contributed by atoms with E-state index >= 15 is 0 Å². The van der Waals surface area contributed by atoms with E-state index in [-0.39, 0.29) is 0 Å². The zero-order chi connectivity index (χ0) is 14.8. The lowest BCUT2D eigenvalue weighted by Gasteiger charge is -2.02.